The van der Waals surface area contributed by atoms with Gasteiger partial charge in [-0.2, -0.15) is 0 Å². The minimum atomic E-state index is -0.408. The average Bonchev–Trinajstić information content (AvgIpc) is 3.06. The molecule has 0 unspecified atom stereocenters. The highest BCUT2D eigenvalue weighted by Gasteiger charge is 2.23. The van der Waals surface area contributed by atoms with Crippen molar-refractivity contribution in [2.75, 3.05) is 19.6 Å². The standard InChI is InChI=1S/C17H20FNO2S/c18-13-3-5-14(6-4-13)21-15-7-9-19(10-8-15)12-16(20)17-2-1-11-22-17/h1-6,11,15-16,20H,7-10,12H2/t16-/m1/s1. The molecule has 1 atom stereocenters. The molecule has 2 heterocycles. The third-order valence-electron chi connectivity index (χ3n) is 3.95. The Balaban J connectivity index is 1.45. The van der Waals surface area contributed by atoms with Crippen LogP contribution in [0.1, 0.15) is 23.8 Å². The van der Waals surface area contributed by atoms with E-state index in [1.807, 2.05) is 17.5 Å². The molecule has 5 heteroatoms. The third-order valence-corrected chi connectivity index (χ3v) is 4.93. The molecule has 1 saturated heterocycles. The number of aliphatic hydroxyl groups is 1. The summed E-state index contributed by atoms with van der Waals surface area (Å²) in [7, 11) is 0. The molecule has 1 aromatic heterocycles. The monoisotopic (exact) mass is 321 g/mol. The summed E-state index contributed by atoms with van der Waals surface area (Å²) >= 11 is 1.59. The highest BCUT2D eigenvalue weighted by Crippen LogP contribution is 2.23. The van der Waals surface area contributed by atoms with Crippen molar-refractivity contribution in [3.05, 3.63) is 52.5 Å². The molecule has 3 nitrogen and oxygen atoms in total. The van der Waals surface area contributed by atoms with Crippen LogP contribution in [0, 0.1) is 5.82 Å². The van der Waals surface area contributed by atoms with Crippen molar-refractivity contribution in [3.8, 4) is 5.75 Å². The molecule has 0 spiro atoms. The lowest BCUT2D eigenvalue weighted by molar-refractivity contribution is 0.0622. The lowest BCUT2D eigenvalue weighted by Crippen LogP contribution is -2.40. The van der Waals surface area contributed by atoms with Gasteiger partial charge in [0.25, 0.3) is 0 Å². The smallest absolute Gasteiger partial charge is 0.123 e. The quantitative estimate of drug-likeness (QED) is 0.915. The number of nitrogens with zero attached hydrogens (tertiary/aromatic N) is 1. The van der Waals surface area contributed by atoms with Crippen LogP contribution in [0.2, 0.25) is 0 Å². The minimum Gasteiger partial charge on any atom is -0.490 e. The lowest BCUT2D eigenvalue weighted by atomic mass is 10.1. The molecule has 1 fully saturated rings. The number of aliphatic hydroxyl groups excluding tert-OH is 1. The van der Waals surface area contributed by atoms with Gasteiger partial charge in [0.15, 0.2) is 0 Å². The molecular formula is C17H20FNO2S. The highest BCUT2D eigenvalue weighted by molar-refractivity contribution is 7.10. The van der Waals surface area contributed by atoms with Crippen molar-refractivity contribution in [2.24, 2.45) is 0 Å². The zero-order chi connectivity index (χ0) is 15.4. The zero-order valence-corrected chi connectivity index (χ0v) is 13.1. The summed E-state index contributed by atoms with van der Waals surface area (Å²) in [5.41, 5.74) is 0. The van der Waals surface area contributed by atoms with Gasteiger partial charge >= 0.3 is 0 Å². The number of benzene rings is 1. The minimum absolute atomic E-state index is 0.167. The summed E-state index contributed by atoms with van der Waals surface area (Å²) in [5.74, 6) is 0.475. The molecule has 1 aromatic carbocycles. The van der Waals surface area contributed by atoms with Crippen LogP contribution in [0.4, 0.5) is 4.39 Å². The maximum Gasteiger partial charge on any atom is 0.123 e. The molecule has 118 valence electrons. The van der Waals surface area contributed by atoms with Gasteiger partial charge in [-0.25, -0.2) is 4.39 Å². The van der Waals surface area contributed by atoms with Crippen LogP contribution in [0.5, 0.6) is 5.75 Å². The largest absolute Gasteiger partial charge is 0.490 e. The fourth-order valence-corrected chi connectivity index (χ4v) is 3.43. The Morgan fingerprint density at radius 3 is 2.59 bits per heavy atom. The molecule has 3 rings (SSSR count). The molecule has 0 radical (unpaired) electrons. The van der Waals surface area contributed by atoms with Gasteiger partial charge in [0.1, 0.15) is 23.8 Å². The first-order valence-corrected chi connectivity index (χ1v) is 8.45. The van der Waals surface area contributed by atoms with Crippen molar-refractivity contribution in [2.45, 2.75) is 25.0 Å². The van der Waals surface area contributed by atoms with Gasteiger partial charge < -0.3 is 14.7 Å². The summed E-state index contributed by atoms with van der Waals surface area (Å²) in [6, 6.07) is 10.1. The number of β-amino-alcohol motifs (C(OH)–C–C–N with tert-alkyl or cyclic N) is 1. The molecule has 22 heavy (non-hydrogen) atoms. The van der Waals surface area contributed by atoms with Crippen molar-refractivity contribution < 1.29 is 14.2 Å². The van der Waals surface area contributed by atoms with Crippen LogP contribution in [-0.4, -0.2) is 35.7 Å². The van der Waals surface area contributed by atoms with E-state index in [2.05, 4.69) is 4.90 Å². The SMILES string of the molecule is O[C@H](CN1CCC(Oc2ccc(F)cc2)CC1)c1cccs1. The van der Waals surface area contributed by atoms with Crippen LogP contribution in [-0.2, 0) is 0 Å². The Hall–Kier alpha value is -1.43. The number of hydrogen-bond donors (Lipinski definition) is 1. The summed E-state index contributed by atoms with van der Waals surface area (Å²) in [6.07, 6.45) is 1.61. The Bertz CT molecular complexity index is 565. The van der Waals surface area contributed by atoms with Crippen LogP contribution in [0.15, 0.2) is 41.8 Å². The highest BCUT2D eigenvalue weighted by atomic mass is 32.1. The van der Waals surface area contributed by atoms with Gasteiger partial charge in [-0.3, -0.25) is 0 Å². The molecule has 2 aromatic rings. The second kappa shape index (κ2) is 7.22. The Morgan fingerprint density at radius 2 is 1.95 bits per heavy atom. The maximum atomic E-state index is 12.9. The van der Waals surface area contributed by atoms with Crippen molar-refractivity contribution in [3.63, 3.8) is 0 Å². The maximum absolute atomic E-state index is 12.9. The van der Waals surface area contributed by atoms with Crippen molar-refractivity contribution >= 4 is 11.3 Å². The molecule has 0 saturated carbocycles. The number of likely N-dealkylation sites (tertiary alicyclic amines) is 1. The van der Waals surface area contributed by atoms with E-state index in [-0.39, 0.29) is 11.9 Å². The number of ether oxygens (including phenoxy) is 1. The normalized spacial score (nSPS) is 18.3. The molecule has 0 bridgehead atoms. The van der Waals surface area contributed by atoms with E-state index in [4.69, 9.17) is 4.74 Å². The Labute approximate surface area is 134 Å². The first-order valence-electron chi connectivity index (χ1n) is 7.57. The topological polar surface area (TPSA) is 32.7 Å². The van der Waals surface area contributed by atoms with Crippen molar-refractivity contribution in [1.29, 1.82) is 0 Å². The van der Waals surface area contributed by atoms with E-state index >= 15 is 0 Å². The molecule has 0 aliphatic carbocycles. The van der Waals surface area contributed by atoms with E-state index in [1.165, 1.54) is 12.1 Å². The fraction of sp³-hybridized carbons (Fsp3) is 0.412. The second-order valence-electron chi connectivity index (χ2n) is 5.60. The van der Waals surface area contributed by atoms with Gasteiger partial charge in [-0.05, 0) is 48.6 Å². The fourth-order valence-electron chi connectivity index (χ4n) is 2.73. The molecule has 1 N–H and O–H groups in total. The zero-order valence-electron chi connectivity index (χ0n) is 12.3. The molecule has 0 amide bonds. The third kappa shape index (κ3) is 4.06. The van der Waals surface area contributed by atoms with Gasteiger partial charge in [0.05, 0.1) is 0 Å². The number of thiophene rings is 1. The van der Waals surface area contributed by atoms with Gasteiger partial charge in [0, 0.05) is 24.5 Å². The van der Waals surface area contributed by atoms with Crippen molar-refractivity contribution in [1.82, 2.24) is 4.90 Å². The van der Waals surface area contributed by atoms with Crippen LogP contribution >= 0.6 is 11.3 Å². The van der Waals surface area contributed by atoms with Crippen LogP contribution < -0.4 is 4.74 Å². The molecule has 1 aliphatic rings. The first-order chi connectivity index (χ1) is 10.7. The predicted molar refractivity (Wildman–Crippen MR) is 85.8 cm³/mol. The summed E-state index contributed by atoms with van der Waals surface area (Å²) in [4.78, 5) is 3.29. The summed E-state index contributed by atoms with van der Waals surface area (Å²) < 4.78 is 18.8. The predicted octanol–water partition coefficient (Wildman–Crippen LogP) is 3.46. The Kier molecular flexibility index (Phi) is 5.08. The number of halogens is 1. The molecular weight excluding hydrogens is 301 g/mol. The van der Waals surface area contributed by atoms with Gasteiger partial charge in [0.2, 0.25) is 0 Å². The average molecular weight is 321 g/mol. The second-order valence-corrected chi connectivity index (χ2v) is 6.58. The van der Waals surface area contributed by atoms with E-state index in [9.17, 15) is 9.50 Å². The van der Waals surface area contributed by atoms with Gasteiger partial charge in [-0.15, -0.1) is 11.3 Å². The summed E-state index contributed by atoms with van der Waals surface area (Å²) in [6.45, 7) is 2.49. The Morgan fingerprint density at radius 1 is 1.23 bits per heavy atom. The first kappa shape index (κ1) is 15.5. The van der Waals surface area contributed by atoms with E-state index in [0.29, 0.717) is 6.54 Å². The number of piperidine rings is 1. The number of rotatable bonds is 5. The van der Waals surface area contributed by atoms with E-state index < -0.39 is 6.10 Å². The summed E-state index contributed by atoms with van der Waals surface area (Å²) in [5, 5.41) is 12.2. The lowest BCUT2D eigenvalue weighted by Gasteiger charge is -2.33. The van der Waals surface area contributed by atoms with E-state index in [1.54, 1.807) is 23.5 Å². The number of hydrogen-bond acceptors (Lipinski definition) is 4. The van der Waals surface area contributed by atoms with Crippen LogP contribution in [0.3, 0.4) is 0 Å². The van der Waals surface area contributed by atoms with Crippen LogP contribution in [0.25, 0.3) is 0 Å². The van der Waals surface area contributed by atoms with Gasteiger partial charge in [-0.1, -0.05) is 6.07 Å². The van der Waals surface area contributed by atoms with E-state index in [0.717, 1.165) is 36.6 Å². The molecule has 1 aliphatic heterocycles.